The van der Waals surface area contributed by atoms with Crippen LogP contribution >= 0.6 is 0 Å². The highest BCUT2D eigenvalue weighted by molar-refractivity contribution is 5.65. The molecule has 0 aliphatic rings. The molecule has 0 spiro atoms. The van der Waals surface area contributed by atoms with E-state index in [-0.39, 0.29) is 13.2 Å². The van der Waals surface area contributed by atoms with Crippen molar-refractivity contribution < 1.29 is 14.5 Å². The minimum Gasteiger partial charge on any atom is -0.462 e. The fraction of sp³-hybridized carbons (Fsp3) is 0.500. The Balaban J connectivity index is 3.30. The van der Waals surface area contributed by atoms with Gasteiger partial charge in [-0.05, 0) is 12.2 Å². The quantitative estimate of drug-likeness (QED) is 0.257. The summed E-state index contributed by atoms with van der Waals surface area (Å²) < 4.78 is 4.48. The van der Waals surface area contributed by atoms with Gasteiger partial charge in [-0.25, -0.2) is 0 Å². The molecule has 0 heterocycles. The van der Waals surface area contributed by atoms with Crippen LogP contribution in [-0.2, 0) is 9.53 Å². The SMILES string of the molecule is CC(=O)OC/C=C/C[N+](=O)[O-]. The van der Waals surface area contributed by atoms with Crippen molar-refractivity contribution in [2.45, 2.75) is 6.92 Å². The Morgan fingerprint density at radius 1 is 1.64 bits per heavy atom. The van der Waals surface area contributed by atoms with Gasteiger partial charge in [0, 0.05) is 11.8 Å². The van der Waals surface area contributed by atoms with Crippen molar-refractivity contribution in [1.29, 1.82) is 0 Å². The second-order valence-corrected chi connectivity index (χ2v) is 1.79. The Hall–Kier alpha value is -1.39. The van der Waals surface area contributed by atoms with Crippen molar-refractivity contribution in [2.24, 2.45) is 0 Å². The Kier molecular flexibility index (Phi) is 4.72. The molecule has 0 unspecified atom stereocenters. The van der Waals surface area contributed by atoms with E-state index in [1.54, 1.807) is 0 Å². The lowest BCUT2D eigenvalue weighted by Gasteiger charge is -1.92. The second-order valence-electron chi connectivity index (χ2n) is 1.79. The fourth-order valence-corrected chi connectivity index (χ4v) is 0.394. The molecule has 0 amide bonds. The summed E-state index contributed by atoms with van der Waals surface area (Å²) in [5, 5.41) is 9.74. The van der Waals surface area contributed by atoms with Crippen LogP contribution in [0.3, 0.4) is 0 Å². The van der Waals surface area contributed by atoms with Crippen LogP contribution in [0.25, 0.3) is 0 Å². The zero-order chi connectivity index (χ0) is 8.69. The normalized spacial score (nSPS) is 9.91. The molecule has 0 aliphatic carbocycles. The van der Waals surface area contributed by atoms with Crippen molar-refractivity contribution in [3.63, 3.8) is 0 Å². The van der Waals surface area contributed by atoms with Gasteiger partial charge in [-0.1, -0.05) is 0 Å². The number of rotatable bonds is 4. The molecule has 0 saturated heterocycles. The van der Waals surface area contributed by atoms with Crippen LogP contribution in [0.1, 0.15) is 6.92 Å². The molecule has 0 saturated carbocycles. The third kappa shape index (κ3) is 8.61. The maximum atomic E-state index is 10.2. The van der Waals surface area contributed by atoms with Gasteiger partial charge in [0.2, 0.25) is 6.54 Å². The van der Waals surface area contributed by atoms with Crippen molar-refractivity contribution >= 4 is 5.97 Å². The van der Waals surface area contributed by atoms with Crippen LogP contribution < -0.4 is 0 Å². The molecule has 0 rings (SSSR count). The summed E-state index contributed by atoms with van der Waals surface area (Å²) in [5.41, 5.74) is 0. The molecule has 0 aromatic carbocycles. The molecule has 5 heteroatoms. The summed E-state index contributed by atoms with van der Waals surface area (Å²) in [7, 11) is 0. The summed E-state index contributed by atoms with van der Waals surface area (Å²) in [6, 6.07) is 0. The molecule has 62 valence electrons. The third-order valence-corrected chi connectivity index (χ3v) is 0.804. The van der Waals surface area contributed by atoms with E-state index in [1.165, 1.54) is 19.1 Å². The molecule has 0 fully saturated rings. The monoisotopic (exact) mass is 159 g/mol. The molecule has 11 heavy (non-hydrogen) atoms. The van der Waals surface area contributed by atoms with Gasteiger partial charge in [-0.15, -0.1) is 0 Å². The van der Waals surface area contributed by atoms with E-state index >= 15 is 0 Å². The Morgan fingerprint density at radius 2 is 2.27 bits per heavy atom. The third-order valence-electron chi connectivity index (χ3n) is 0.804. The summed E-state index contributed by atoms with van der Waals surface area (Å²) in [4.78, 5) is 19.4. The number of esters is 1. The summed E-state index contributed by atoms with van der Waals surface area (Å²) in [6.45, 7) is 1.14. The predicted molar refractivity (Wildman–Crippen MR) is 37.6 cm³/mol. The van der Waals surface area contributed by atoms with Gasteiger partial charge in [0.25, 0.3) is 0 Å². The Bertz CT molecular complexity index is 175. The topological polar surface area (TPSA) is 69.4 Å². The lowest BCUT2D eigenvalue weighted by Crippen LogP contribution is -1.99. The highest BCUT2D eigenvalue weighted by Crippen LogP contribution is 1.79. The van der Waals surface area contributed by atoms with E-state index in [1.807, 2.05) is 0 Å². The molecule has 0 bridgehead atoms. The first-order valence-electron chi connectivity index (χ1n) is 3.03. The van der Waals surface area contributed by atoms with Gasteiger partial charge in [-0.2, -0.15) is 0 Å². The number of hydrogen-bond donors (Lipinski definition) is 0. The van der Waals surface area contributed by atoms with Crippen LogP contribution in [0, 0.1) is 10.1 Å². The molecular weight excluding hydrogens is 150 g/mol. The standard InChI is InChI=1S/C6H9NO4/c1-6(8)11-5-3-2-4-7(9)10/h2-3H,4-5H2,1H3/b3-2+. The second kappa shape index (κ2) is 5.40. The van der Waals surface area contributed by atoms with Crippen molar-refractivity contribution in [3.8, 4) is 0 Å². The first-order chi connectivity index (χ1) is 5.13. The van der Waals surface area contributed by atoms with E-state index in [9.17, 15) is 14.9 Å². The van der Waals surface area contributed by atoms with Gasteiger partial charge < -0.3 is 4.74 Å². The molecule has 0 atom stereocenters. The maximum absolute atomic E-state index is 10.2. The van der Waals surface area contributed by atoms with Crippen LogP contribution in [0.2, 0.25) is 0 Å². The average molecular weight is 159 g/mol. The van der Waals surface area contributed by atoms with Gasteiger partial charge in [0.1, 0.15) is 6.61 Å². The minimum absolute atomic E-state index is 0.100. The largest absolute Gasteiger partial charge is 0.462 e. The van der Waals surface area contributed by atoms with Crippen LogP contribution in [-0.4, -0.2) is 24.0 Å². The smallest absolute Gasteiger partial charge is 0.302 e. The highest BCUT2D eigenvalue weighted by Gasteiger charge is 1.89. The zero-order valence-corrected chi connectivity index (χ0v) is 6.15. The van der Waals surface area contributed by atoms with E-state index in [4.69, 9.17) is 0 Å². The zero-order valence-electron chi connectivity index (χ0n) is 6.15. The van der Waals surface area contributed by atoms with E-state index in [2.05, 4.69) is 4.74 Å². The first kappa shape index (κ1) is 9.61. The van der Waals surface area contributed by atoms with E-state index < -0.39 is 10.9 Å². The van der Waals surface area contributed by atoms with Gasteiger partial charge in [-0.3, -0.25) is 14.9 Å². The lowest BCUT2D eigenvalue weighted by atomic mass is 10.5. The van der Waals surface area contributed by atoms with Gasteiger partial charge >= 0.3 is 5.97 Å². The molecule has 0 aromatic heterocycles. The van der Waals surface area contributed by atoms with Crippen LogP contribution in [0.4, 0.5) is 0 Å². The Morgan fingerprint density at radius 3 is 2.73 bits per heavy atom. The first-order valence-corrected chi connectivity index (χ1v) is 3.03. The summed E-state index contributed by atoms with van der Waals surface area (Å²) >= 11 is 0. The van der Waals surface area contributed by atoms with E-state index in [0.29, 0.717) is 0 Å². The fourth-order valence-electron chi connectivity index (χ4n) is 0.394. The molecule has 0 radical (unpaired) electrons. The predicted octanol–water partition coefficient (Wildman–Crippen LogP) is 0.382. The lowest BCUT2D eigenvalue weighted by molar-refractivity contribution is -0.468. The number of nitro groups is 1. The molecule has 0 N–H and O–H groups in total. The number of hydrogen-bond acceptors (Lipinski definition) is 4. The van der Waals surface area contributed by atoms with Crippen LogP contribution in [0.15, 0.2) is 12.2 Å². The average Bonchev–Trinajstić information content (AvgIpc) is 1.85. The molecule has 0 aliphatic heterocycles. The number of nitrogens with zero attached hydrogens (tertiary/aromatic N) is 1. The highest BCUT2D eigenvalue weighted by atomic mass is 16.6. The summed E-state index contributed by atoms with van der Waals surface area (Å²) in [5.74, 6) is -0.393. The Labute approximate surface area is 63.8 Å². The van der Waals surface area contributed by atoms with E-state index in [0.717, 1.165) is 0 Å². The van der Waals surface area contributed by atoms with Crippen LogP contribution in [0.5, 0.6) is 0 Å². The molecule has 0 aromatic rings. The number of ether oxygens (including phenoxy) is 1. The van der Waals surface area contributed by atoms with Crippen molar-refractivity contribution in [1.82, 2.24) is 0 Å². The molecular formula is C6H9NO4. The van der Waals surface area contributed by atoms with Gasteiger partial charge in [0.05, 0.1) is 0 Å². The van der Waals surface area contributed by atoms with Gasteiger partial charge in [0.15, 0.2) is 0 Å². The number of carbonyl (C=O) groups is 1. The summed E-state index contributed by atoms with van der Waals surface area (Å²) in [6.07, 6.45) is 2.77. The maximum Gasteiger partial charge on any atom is 0.302 e. The van der Waals surface area contributed by atoms with Crippen molar-refractivity contribution in [3.05, 3.63) is 22.3 Å². The van der Waals surface area contributed by atoms with Crippen molar-refractivity contribution in [2.75, 3.05) is 13.2 Å². The molecule has 5 nitrogen and oxygen atoms in total. The minimum atomic E-state index is -0.468. The number of carbonyl (C=O) groups excluding carboxylic acids is 1.